The number of nitrogens with zero attached hydrogens (tertiary/aromatic N) is 1. The van der Waals surface area contributed by atoms with Crippen molar-refractivity contribution >= 4 is 16.0 Å². The number of hydrogen-bond acceptors (Lipinski definition) is 6. The molecule has 5 unspecified atom stereocenters. The molecule has 0 aromatic heterocycles. The second-order valence-electron chi connectivity index (χ2n) is 9.51. The van der Waals surface area contributed by atoms with Crippen LogP contribution in [0.15, 0.2) is 18.2 Å². The van der Waals surface area contributed by atoms with Crippen LogP contribution in [0.2, 0.25) is 0 Å². The number of benzene rings is 1. The Morgan fingerprint density at radius 3 is 2.62 bits per heavy atom. The van der Waals surface area contributed by atoms with Gasteiger partial charge in [0.2, 0.25) is 5.91 Å². The topological polar surface area (TPSA) is 113 Å². The van der Waals surface area contributed by atoms with Crippen LogP contribution >= 0.6 is 0 Å². The first-order valence-electron chi connectivity index (χ1n) is 11.3. The average Bonchev–Trinajstić information content (AvgIpc) is 3.11. The molecule has 1 aromatic rings. The number of ether oxygens (including phenoxy) is 2. The Kier molecular flexibility index (Phi) is 5.96. The summed E-state index contributed by atoms with van der Waals surface area (Å²) in [4.78, 5) is 16.0. The zero-order chi connectivity index (χ0) is 23.3. The van der Waals surface area contributed by atoms with Crippen LogP contribution in [-0.2, 0) is 20.3 Å². The number of aliphatic hydroxyl groups is 1. The molecule has 5 atom stereocenters. The maximum Gasteiger partial charge on any atom is 0.261 e. The molecule has 2 bridgehead atoms. The minimum absolute atomic E-state index is 0.0143. The number of para-hydroxylation sites is 1. The number of aliphatic hydroxyl groups excluding tert-OH is 1. The highest BCUT2D eigenvalue weighted by atomic mass is 32.2. The minimum Gasteiger partial charge on any atom is -0.493 e. The number of methoxy groups -OCH3 is 1. The molecule has 2 heterocycles. The highest BCUT2D eigenvalue weighted by molar-refractivity contribution is 7.85. The molecule has 6 rings (SSSR count). The van der Waals surface area contributed by atoms with Crippen LogP contribution in [0.1, 0.15) is 44.6 Å². The first-order chi connectivity index (χ1) is 15.1. The van der Waals surface area contributed by atoms with E-state index in [0.717, 1.165) is 62.3 Å². The monoisotopic (exact) mass is 467 g/mol. The molecule has 2 N–H and O–H groups in total. The molecule has 1 saturated heterocycles. The van der Waals surface area contributed by atoms with E-state index in [1.807, 2.05) is 12.1 Å². The van der Waals surface area contributed by atoms with Crippen molar-refractivity contribution in [3.05, 3.63) is 23.8 Å². The van der Waals surface area contributed by atoms with Crippen LogP contribution in [0, 0.1) is 17.3 Å². The van der Waals surface area contributed by atoms with Crippen molar-refractivity contribution in [3.63, 3.8) is 0 Å². The quantitative estimate of drug-likeness (QED) is 0.653. The van der Waals surface area contributed by atoms with Crippen LogP contribution in [0.25, 0.3) is 0 Å². The molecule has 2 aliphatic heterocycles. The Hall–Kier alpha value is -1.84. The van der Waals surface area contributed by atoms with E-state index in [1.165, 1.54) is 0 Å². The van der Waals surface area contributed by atoms with E-state index >= 15 is 0 Å². The van der Waals surface area contributed by atoms with Gasteiger partial charge in [-0.15, -0.1) is 0 Å². The third kappa shape index (κ3) is 3.23. The summed E-state index contributed by atoms with van der Waals surface area (Å²) in [6.07, 6.45) is 5.36. The van der Waals surface area contributed by atoms with Gasteiger partial charge in [-0.2, -0.15) is 8.42 Å². The summed E-state index contributed by atoms with van der Waals surface area (Å²) < 4.78 is 38.0. The van der Waals surface area contributed by atoms with Gasteiger partial charge in [0.25, 0.3) is 10.1 Å². The summed E-state index contributed by atoms with van der Waals surface area (Å²) in [6, 6.07) is 6.10. The van der Waals surface area contributed by atoms with Crippen LogP contribution in [0.5, 0.6) is 11.5 Å². The number of amides is 1. The average molecular weight is 468 g/mol. The number of carbonyl (C=O) groups is 1. The standard InChI is InChI=1S/C22H29NO4.CH4O3S/c1-3-10-23-11-9-22-16-5-4-6-17(26-2)18(16)27-19(22)14-7-8-21(22,20(23)25)15(12-14)13-24;1-5(2,3)4/h4-6,14-15,19,24H,3,7-13H2,1-2H3;1H3,(H,2,3,4). The molecule has 3 aliphatic carbocycles. The van der Waals surface area contributed by atoms with Crippen molar-refractivity contribution in [2.75, 3.05) is 33.1 Å². The Balaban J connectivity index is 0.000000444. The summed E-state index contributed by atoms with van der Waals surface area (Å²) in [5, 5.41) is 10.3. The van der Waals surface area contributed by atoms with Crippen LogP contribution in [0.4, 0.5) is 0 Å². The van der Waals surface area contributed by atoms with Gasteiger partial charge in [0, 0.05) is 25.3 Å². The number of hydrogen-bond donors (Lipinski definition) is 2. The molecule has 5 aliphatic rings. The van der Waals surface area contributed by atoms with Crippen LogP contribution in [0.3, 0.4) is 0 Å². The van der Waals surface area contributed by atoms with Gasteiger partial charge in [-0.3, -0.25) is 9.35 Å². The van der Waals surface area contributed by atoms with E-state index in [-0.39, 0.29) is 30.0 Å². The molecule has 4 fully saturated rings. The summed E-state index contributed by atoms with van der Waals surface area (Å²) in [7, 11) is -1.99. The third-order valence-corrected chi connectivity index (χ3v) is 7.99. The van der Waals surface area contributed by atoms with E-state index in [0.29, 0.717) is 12.2 Å². The smallest absolute Gasteiger partial charge is 0.261 e. The summed E-state index contributed by atoms with van der Waals surface area (Å²) in [5.74, 6) is 2.25. The van der Waals surface area contributed by atoms with E-state index in [4.69, 9.17) is 14.0 Å². The fourth-order valence-electron chi connectivity index (χ4n) is 7.07. The number of likely N-dealkylation sites (tertiary alicyclic amines) is 1. The zero-order valence-corrected chi connectivity index (χ0v) is 19.7. The van der Waals surface area contributed by atoms with Crippen LogP contribution in [-0.4, -0.2) is 68.1 Å². The lowest BCUT2D eigenvalue weighted by atomic mass is 9.39. The fourth-order valence-corrected chi connectivity index (χ4v) is 7.07. The van der Waals surface area contributed by atoms with Crippen molar-refractivity contribution in [2.24, 2.45) is 17.3 Å². The molecule has 1 amide bonds. The second-order valence-corrected chi connectivity index (χ2v) is 11.0. The molecular formula is C23H33NO7S. The van der Waals surface area contributed by atoms with Gasteiger partial charge in [0.05, 0.1) is 24.2 Å². The number of rotatable bonds is 4. The van der Waals surface area contributed by atoms with Crippen molar-refractivity contribution in [2.45, 2.75) is 50.5 Å². The van der Waals surface area contributed by atoms with Crippen molar-refractivity contribution in [1.82, 2.24) is 4.90 Å². The number of piperidine rings is 1. The second kappa shape index (κ2) is 8.18. The Morgan fingerprint density at radius 2 is 2.00 bits per heavy atom. The molecule has 32 heavy (non-hydrogen) atoms. The van der Waals surface area contributed by atoms with Gasteiger partial charge >= 0.3 is 0 Å². The highest BCUT2D eigenvalue weighted by Gasteiger charge is 2.75. The van der Waals surface area contributed by atoms with E-state index in [2.05, 4.69) is 17.9 Å². The SMILES string of the molecule is CCCN1CCC23c4cccc(OC)c4OC2C2CCC3(C1=O)C(CO)C2.CS(=O)(=O)O. The number of carbonyl (C=O) groups excluding carboxylic acids is 1. The van der Waals surface area contributed by atoms with Crippen LogP contribution < -0.4 is 9.47 Å². The molecule has 1 aromatic carbocycles. The molecule has 8 nitrogen and oxygen atoms in total. The maximum absolute atomic E-state index is 13.9. The largest absolute Gasteiger partial charge is 0.493 e. The van der Waals surface area contributed by atoms with E-state index < -0.39 is 15.5 Å². The summed E-state index contributed by atoms with van der Waals surface area (Å²) in [5.41, 5.74) is 0.262. The lowest BCUT2D eigenvalue weighted by Gasteiger charge is -2.66. The van der Waals surface area contributed by atoms with Gasteiger partial charge < -0.3 is 19.5 Å². The predicted molar refractivity (Wildman–Crippen MR) is 118 cm³/mol. The minimum atomic E-state index is -3.67. The molecule has 3 saturated carbocycles. The van der Waals surface area contributed by atoms with Crippen molar-refractivity contribution in [1.29, 1.82) is 0 Å². The van der Waals surface area contributed by atoms with Crippen molar-refractivity contribution < 1.29 is 32.3 Å². The summed E-state index contributed by atoms with van der Waals surface area (Å²) >= 11 is 0. The molecule has 2 spiro atoms. The zero-order valence-electron chi connectivity index (χ0n) is 18.9. The molecule has 9 heteroatoms. The van der Waals surface area contributed by atoms with E-state index in [9.17, 15) is 18.3 Å². The van der Waals surface area contributed by atoms with Gasteiger partial charge in [-0.05, 0) is 50.0 Å². The third-order valence-electron chi connectivity index (χ3n) is 7.99. The Morgan fingerprint density at radius 1 is 1.28 bits per heavy atom. The Bertz CT molecular complexity index is 988. The number of fused-ring (bicyclic) bond motifs is 3. The molecule has 0 radical (unpaired) electrons. The highest BCUT2D eigenvalue weighted by Crippen LogP contribution is 2.71. The van der Waals surface area contributed by atoms with Gasteiger partial charge in [0.1, 0.15) is 6.10 Å². The van der Waals surface area contributed by atoms with Crippen molar-refractivity contribution in [3.8, 4) is 11.5 Å². The maximum atomic E-state index is 13.9. The van der Waals surface area contributed by atoms with E-state index in [1.54, 1.807) is 7.11 Å². The first-order valence-corrected chi connectivity index (χ1v) is 13.2. The summed E-state index contributed by atoms with van der Waals surface area (Å²) in [6.45, 7) is 3.78. The first kappa shape index (κ1) is 23.3. The lowest BCUT2D eigenvalue weighted by Crippen LogP contribution is -2.74. The van der Waals surface area contributed by atoms with Gasteiger partial charge in [-0.1, -0.05) is 19.1 Å². The fraction of sp³-hybridized carbons (Fsp3) is 0.696. The lowest BCUT2D eigenvalue weighted by molar-refractivity contribution is -0.199. The predicted octanol–water partition coefficient (Wildman–Crippen LogP) is 2.25. The Labute approximate surface area is 189 Å². The van der Waals surface area contributed by atoms with Gasteiger partial charge in [0.15, 0.2) is 11.5 Å². The normalized spacial score (nSPS) is 34.6. The molecular weight excluding hydrogens is 434 g/mol. The molecule has 178 valence electrons. The van der Waals surface area contributed by atoms with Gasteiger partial charge in [-0.25, -0.2) is 0 Å².